The van der Waals surface area contributed by atoms with Crippen molar-refractivity contribution in [2.45, 2.75) is 19.8 Å². The van der Waals surface area contributed by atoms with Crippen molar-refractivity contribution in [2.75, 3.05) is 29.5 Å². The van der Waals surface area contributed by atoms with Gasteiger partial charge >= 0.3 is 0 Å². The van der Waals surface area contributed by atoms with E-state index >= 15 is 0 Å². The minimum Gasteiger partial charge on any atom is -0.495 e. The molecule has 0 unspecified atom stereocenters. The van der Waals surface area contributed by atoms with Gasteiger partial charge in [0.05, 0.1) is 19.1 Å². The van der Waals surface area contributed by atoms with E-state index < -0.39 is 10.0 Å². The van der Waals surface area contributed by atoms with Crippen molar-refractivity contribution in [3.63, 3.8) is 0 Å². The van der Waals surface area contributed by atoms with Crippen molar-refractivity contribution in [3.05, 3.63) is 53.1 Å². The third-order valence-electron chi connectivity index (χ3n) is 3.97. The molecule has 0 aliphatic heterocycles. The van der Waals surface area contributed by atoms with Crippen LogP contribution in [0.3, 0.4) is 0 Å². The molecule has 2 rings (SSSR count). The Kier molecular flexibility index (Phi) is 7.10. The number of methoxy groups -OCH3 is 1. The van der Waals surface area contributed by atoms with Crippen molar-refractivity contribution in [1.82, 2.24) is 0 Å². The van der Waals surface area contributed by atoms with E-state index in [0.717, 1.165) is 11.8 Å². The standard InChI is InChI=1S/C19H23ClN2O4S/c1-14-10-11-15(13-16(14)20)21-19(23)9-6-12-22(27(3,24)25)17-7-4-5-8-18(17)26-2/h4-5,7-8,10-11,13H,6,9,12H2,1-3H3,(H,21,23). The summed E-state index contributed by atoms with van der Waals surface area (Å²) in [4.78, 5) is 12.2. The molecule has 8 heteroatoms. The lowest BCUT2D eigenvalue weighted by Gasteiger charge is -2.24. The van der Waals surface area contributed by atoms with Crippen LogP contribution in [0.15, 0.2) is 42.5 Å². The largest absolute Gasteiger partial charge is 0.495 e. The zero-order valence-corrected chi connectivity index (χ0v) is 17.1. The number of carbonyl (C=O) groups excluding carboxylic acids is 1. The number of benzene rings is 2. The molecule has 0 saturated heterocycles. The van der Waals surface area contributed by atoms with E-state index in [0.29, 0.717) is 28.6 Å². The highest BCUT2D eigenvalue weighted by atomic mass is 35.5. The number of hydrogen-bond donors (Lipinski definition) is 1. The van der Waals surface area contributed by atoms with E-state index in [9.17, 15) is 13.2 Å². The summed E-state index contributed by atoms with van der Waals surface area (Å²) in [5.74, 6) is 0.255. The average molecular weight is 411 g/mol. The van der Waals surface area contributed by atoms with Crippen molar-refractivity contribution in [1.29, 1.82) is 0 Å². The molecule has 6 nitrogen and oxygen atoms in total. The molecule has 2 aromatic rings. The third kappa shape index (κ3) is 5.87. The first-order chi connectivity index (χ1) is 12.7. The van der Waals surface area contributed by atoms with E-state index in [4.69, 9.17) is 16.3 Å². The first-order valence-electron chi connectivity index (χ1n) is 8.39. The number of hydrogen-bond acceptors (Lipinski definition) is 4. The minimum atomic E-state index is -3.51. The van der Waals surface area contributed by atoms with Gasteiger partial charge in [0.2, 0.25) is 15.9 Å². The molecule has 0 saturated carbocycles. The Hall–Kier alpha value is -2.25. The van der Waals surface area contributed by atoms with Crippen LogP contribution in [0, 0.1) is 6.92 Å². The van der Waals surface area contributed by atoms with E-state index in [1.165, 1.54) is 11.4 Å². The second-order valence-electron chi connectivity index (χ2n) is 6.12. The van der Waals surface area contributed by atoms with Gasteiger partial charge in [0.25, 0.3) is 0 Å². The average Bonchev–Trinajstić information content (AvgIpc) is 2.61. The number of ether oxygens (including phenoxy) is 1. The Labute approximate surface area is 165 Å². The maximum atomic E-state index is 12.2. The molecule has 0 aromatic heterocycles. The fourth-order valence-electron chi connectivity index (χ4n) is 2.58. The highest BCUT2D eigenvalue weighted by Gasteiger charge is 2.20. The Morgan fingerprint density at radius 2 is 1.93 bits per heavy atom. The molecule has 0 aliphatic carbocycles. The molecule has 0 atom stereocenters. The van der Waals surface area contributed by atoms with Gasteiger partial charge in [-0.15, -0.1) is 0 Å². The summed E-state index contributed by atoms with van der Waals surface area (Å²) >= 11 is 6.05. The summed E-state index contributed by atoms with van der Waals surface area (Å²) in [7, 11) is -2.03. The predicted octanol–water partition coefficient (Wildman–Crippen LogP) is 3.84. The first-order valence-corrected chi connectivity index (χ1v) is 10.6. The van der Waals surface area contributed by atoms with Gasteiger partial charge in [0.1, 0.15) is 5.75 Å². The van der Waals surface area contributed by atoms with Crippen LogP contribution in [-0.2, 0) is 14.8 Å². The summed E-state index contributed by atoms with van der Waals surface area (Å²) in [6.45, 7) is 2.05. The smallest absolute Gasteiger partial charge is 0.232 e. The van der Waals surface area contributed by atoms with Crippen LogP contribution in [0.5, 0.6) is 5.75 Å². The number of rotatable bonds is 8. The maximum absolute atomic E-state index is 12.2. The SMILES string of the molecule is COc1ccccc1N(CCCC(=O)Nc1ccc(C)c(Cl)c1)S(C)(=O)=O. The number of halogens is 1. The van der Waals surface area contributed by atoms with E-state index in [1.54, 1.807) is 36.4 Å². The molecule has 27 heavy (non-hydrogen) atoms. The molecule has 0 radical (unpaired) electrons. The lowest BCUT2D eigenvalue weighted by Crippen LogP contribution is -2.31. The van der Waals surface area contributed by atoms with Gasteiger partial charge in [-0.2, -0.15) is 0 Å². The number of nitrogens with one attached hydrogen (secondary N) is 1. The van der Waals surface area contributed by atoms with Gasteiger partial charge in [-0.05, 0) is 43.2 Å². The summed E-state index contributed by atoms with van der Waals surface area (Å²) in [6, 6.07) is 12.2. The van der Waals surface area contributed by atoms with Crippen LogP contribution in [0.1, 0.15) is 18.4 Å². The molecule has 0 bridgehead atoms. The topological polar surface area (TPSA) is 75.7 Å². The molecule has 0 fully saturated rings. The number of sulfonamides is 1. The fourth-order valence-corrected chi connectivity index (χ4v) is 3.73. The lowest BCUT2D eigenvalue weighted by molar-refractivity contribution is -0.116. The Bertz CT molecular complexity index is 916. The van der Waals surface area contributed by atoms with Crippen LogP contribution in [0.4, 0.5) is 11.4 Å². The Morgan fingerprint density at radius 3 is 2.56 bits per heavy atom. The summed E-state index contributed by atoms with van der Waals surface area (Å²) in [5, 5.41) is 3.34. The van der Waals surface area contributed by atoms with Crippen molar-refractivity contribution in [3.8, 4) is 5.75 Å². The molecule has 0 spiro atoms. The van der Waals surface area contributed by atoms with Crippen LogP contribution in [-0.4, -0.2) is 34.2 Å². The second kappa shape index (κ2) is 9.10. The highest BCUT2D eigenvalue weighted by Crippen LogP contribution is 2.29. The quantitative estimate of drug-likeness (QED) is 0.717. The van der Waals surface area contributed by atoms with Crippen LogP contribution < -0.4 is 14.4 Å². The van der Waals surface area contributed by atoms with Gasteiger partial charge in [-0.25, -0.2) is 8.42 Å². The van der Waals surface area contributed by atoms with Crippen molar-refractivity contribution >= 4 is 38.9 Å². The molecule has 1 amide bonds. The zero-order valence-electron chi connectivity index (χ0n) is 15.5. The van der Waals surface area contributed by atoms with Gasteiger partial charge in [-0.3, -0.25) is 9.10 Å². The molecule has 2 aromatic carbocycles. The zero-order chi connectivity index (χ0) is 20.0. The summed E-state index contributed by atoms with van der Waals surface area (Å²) < 4.78 is 30.9. The third-order valence-corrected chi connectivity index (χ3v) is 5.56. The molecular formula is C19H23ClN2O4S. The normalized spacial score (nSPS) is 11.1. The maximum Gasteiger partial charge on any atom is 0.232 e. The van der Waals surface area contributed by atoms with Crippen LogP contribution in [0.25, 0.3) is 0 Å². The van der Waals surface area contributed by atoms with Gasteiger partial charge < -0.3 is 10.1 Å². The van der Waals surface area contributed by atoms with E-state index in [-0.39, 0.29) is 18.9 Å². The number of anilines is 2. The Balaban J connectivity index is 2.01. The fraction of sp³-hybridized carbons (Fsp3) is 0.316. The van der Waals surface area contributed by atoms with Crippen LogP contribution in [0.2, 0.25) is 5.02 Å². The Morgan fingerprint density at radius 1 is 1.22 bits per heavy atom. The number of amides is 1. The van der Waals surface area contributed by atoms with Gasteiger partial charge in [0.15, 0.2) is 0 Å². The van der Waals surface area contributed by atoms with Gasteiger partial charge in [0, 0.05) is 23.7 Å². The molecule has 1 N–H and O–H groups in total. The number of nitrogens with zero attached hydrogens (tertiary/aromatic N) is 1. The molecule has 146 valence electrons. The summed E-state index contributed by atoms with van der Waals surface area (Å²) in [5.41, 5.74) is 1.99. The monoisotopic (exact) mass is 410 g/mol. The second-order valence-corrected chi connectivity index (χ2v) is 8.44. The van der Waals surface area contributed by atoms with Crippen LogP contribution >= 0.6 is 11.6 Å². The number of carbonyl (C=O) groups is 1. The first kappa shape index (κ1) is 21.1. The van der Waals surface area contributed by atoms with Gasteiger partial charge in [-0.1, -0.05) is 29.8 Å². The lowest BCUT2D eigenvalue weighted by atomic mass is 10.2. The highest BCUT2D eigenvalue weighted by molar-refractivity contribution is 7.92. The van der Waals surface area contributed by atoms with Crippen molar-refractivity contribution in [2.24, 2.45) is 0 Å². The summed E-state index contributed by atoms with van der Waals surface area (Å²) in [6.07, 6.45) is 1.66. The number of para-hydroxylation sites is 2. The molecule has 0 heterocycles. The predicted molar refractivity (Wildman–Crippen MR) is 109 cm³/mol. The minimum absolute atomic E-state index is 0.168. The molecular weight excluding hydrogens is 388 g/mol. The van der Waals surface area contributed by atoms with E-state index in [2.05, 4.69) is 5.32 Å². The van der Waals surface area contributed by atoms with E-state index in [1.807, 2.05) is 13.0 Å². The molecule has 0 aliphatic rings. The van der Waals surface area contributed by atoms with Crippen molar-refractivity contribution < 1.29 is 17.9 Å². The number of aryl methyl sites for hydroxylation is 1.